The van der Waals surface area contributed by atoms with Crippen molar-refractivity contribution in [3.63, 3.8) is 0 Å². The minimum absolute atomic E-state index is 0.349. The maximum atomic E-state index is 11.1. The van der Waals surface area contributed by atoms with Gasteiger partial charge in [-0.05, 0) is 0 Å². The van der Waals surface area contributed by atoms with Crippen molar-refractivity contribution < 1.29 is 24.0 Å². The average Bonchev–Trinajstić information content (AvgIpc) is 2.55. The molecule has 0 aromatic carbocycles. The second-order valence-electron chi connectivity index (χ2n) is 2.99. The van der Waals surface area contributed by atoms with Crippen molar-refractivity contribution in [2.24, 2.45) is 5.92 Å². The van der Waals surface area contributed by atoms with Crippen molar-refractivity contribution in [2.45, 2.75) is 19.3 Å². The van der Waals surface area contributed by atoms with Crippen LogP contribution in [0.2, 0.25) is 0 Å². The van der Waals surface area contributed by atoms with Gasteiger partial charge in [-0.25, -0.2) is 0 Å². The quantitative estimate of drug-likeness (QED) is 0.405. The number of hydrogen-bond donors (Lipinski definition) is 0. The summed E-state index contributed by atoms with van der Waals surface area (Å²) in [5.41, 5.74) is 0.405. The Bertz CT molecular complexity index is 287. The molecular formula is C7H9NO5. The molecule has 72 valence electrons. The highest BCUT2D eigenvalue weighted by molar-refractivity contribution is 5.91. The summed E-state index contributed by atoms with van der Waals surface area (Å²) in [6.45, 7) is 1.59. The van der Waals surface area contributed by atoms with E-state index in [1.165, 1.54) is 7.11 Å². The summed E-state index contributed by atoms with van der Waals surface area (Å²) in [6.07, 6.45) is -1.53. The zero-order valence-electron chi connectivity index (χ0n) is 7.22. The molecule has 0 N–H and O–H groups in total. The van der Waals surface area contributed by atoms with E-state index in [2.05, 4.69) is 0 Å². The van der Waals surface area contributed by atoms with E-state index in [0.717, 1.165) is 0 Å². The van der Waals surface area contributed by atoms with Crippen molar-refractivity contribution >= 4 is 11.7 Å². The summed E-state index contributed by atoms with van der Waals surface area (Å²) in [6, 6.07) is 0. The first kappa shape index (κ1) is 8.31. The molecule has 1 saturated heterocycles. The summed E-state index contributed by atoms with van der Waals surface area (Å²) in [4.78, 5) is 16.2. The Hall–Kier alpha value is -1.30. The highest BCUT2D eigenvalue weighted by atomic mass is 16.9. The van der Waals surface area contributed by atoms with Gasteiger partial charge in [0.1, 0.15) is 5.92 Å². The number of hydrogen-bond acceptors (Lipinski definition) is 5. The van der Waals surface area contributed by atoms with Gasteiger partial charge in [0, 0.05) is 18.9 Å². The molecule has 0 radical (unpaired) electrons. The Balaban J connectivity index is 2.29. The van der Waals surface area contributed by atoms with Crippen LogP contribution < -0.4 is 0 Å². The molecule has 0 bridgehead atoms. The van der Waals surface area contributed by atoms with E-state index in [0.29, 0.717) is 10.6 Å². The number of carbonyl (C=O) groups excluding carboxylic acids is 1. The summed E-state index contributed by atoms with van der Waals surface area (Å²) in [7, 11) is 1.42. The second-order valence-corrected chi connectivity index (χ2v) is 2.99. The topological polar surface area (TPSA) is 70.8 Å². The second kappa shape index (κ2) is 2.59. The van der Waals surface area contributed by atoms with Gasteiger partial charge in [-0.2, -0.15) is 0 Å². The number of ether oxygens (including phenoxy) is 2. The van der Waals surface area contributed by atoms with E-state index in [-0.39, 0.29) is 0 Å². The number of esters is 1. The predicted octanol–water partition coefficient (Wildman–Crippen LogP) is -0.583. The Morgan fingerprint density at radius 2 is 2.31 bits per heavy atom. The lowest BCUT2D eigenvalue weighted by atomic mass is 10.0. The molecule has 0 spiro atoms. The van der Waals surface area contributed by atoms with E-state index in [1.807, 2.05) is 0 Å². The van der Waals surface area contributed by atoms with Crippen LogP contribution in [0.25, 0.3) is 0 Å². The molecule has 0 aliphatic carbocycles. The number of fused-ring (bicyclic) bond motifs is 1. The number of cyclic esters (lactones) is 1. The Kier molecular flexibility index (Phi) is 1.66. The van der Waals surface area contributed by atoms with Gasteiger partial charge in [0.2, 0.25) is 12.0 Å². The van der Waals surface area contributed by atoms with Crippen LogP contribution in [0.3, 0.4) is 0 Å². The standard InChI is InChI=1S/C7H9NO5/c1-3-4-5(13-8(3)10)6(9)12-7(4)11-2/h4-5,7H,1-2H3. The van der Waals surface area contributed by atoms with Crippen LogP contribution in [0.5, 0.6) is 0 Å². The van der Waals surface area contributed by atoms with Crippen molar-refractivity contribution in [2.75, 3.05) is 7.11 Å². The van der Waals surface area contributed by atoms with Crippen LogP contribution in [0.4, 0.5) is 0 Å². The third-order valence-electron chi connectivity index (χ3n) is 2.30. The Morgan fingerprint density at radius 1 is 1.62 bits per heavy atom. The first-order valence-corrected chi connectivity index (χ1v) is 3.86. The summed E-state index contributed by atoms with van der Waals surface area (Å²) < 4.78 is 9.73. The van der Waals surface area contributed by atoms with Crippen molar-refractivity contribution in [1.82, 2.24) is 0 Å². The van der Waals surface area contributed by atoms with E-state index in [4.69, 9.17) is 14.3 Å². The summed E-state index contributed by atoms with van der Waals surface area (Å²) in [5, 5.41) is 11.0. The molecule has 3 unspecified atom stereocenters. The fraction of sp³-hybridized carbons (Fsp3) is 0.714. The normalized spacial score (nSPS) is 37.4. The highest BCUT2D eigenvalue weighted by Crippen LogP contribution is 2.31. The fourth-order valence-electron chi connectivity index (χ4n) is 1.57. The zero-order chi connectivity index (χ0) is 9.59. The van der Waals surface area contributed by atoms with Crippen LogP contribution in [0.15, 0.2) is 0 Å². The van der Waals surface area contributed by atoms with Crippen LogP contribution >= 0.6 is 0 Å². The van der Waals surface area contributed by atoms with Crippen LogP contribution in [0, 0.1) is 11.1 Å². The third-order valence-corrected chi connectivity index (χ3v) is 2.30. The van der Waals surface area contributed by atoms with E-state index < -0.39 is 24.3 Å². The van der Waals surface area contributed by atoms with Crippen molar-refractivity contribution in [3.05, 3.63) is 5.21 Å². The zero-order valence-corrected chi connectivity index (χ0v) is 7.22. The van der Waals surface area contributed by atoms with Gasteiger partial charge in [0.05, 0.1) is 0 Å². The molecule has 3 atom stereocenters. The van der Waals surface area contributed by atoms with Gasteiger partial charge >= 0.3 is 5.97 Å². The van der Waals surface area contributed by atoms with Gasteiger partial charge < -0.3 is 14.3 Å². The average molecular weight is 187 g/mol. The molecule has 13 heavy (non-hydrogen) atoms. The molecule has 0 amide bonds. The SMILES string of the molecule is COC1OC(=O)C2O[N+]([O-])=C(C)C12. The Morgan fingerprint density at radius 3 is 2.92 bits per heavy atom. The minimum Gasteiger partial charge on any atom is -0.434 e. The molecule has 0 aromatic rings. The van der Waals surface area contributed by atoms with Gasteiger partial charge in [-0.1, -0.05) is 0 Å². The first-order chi connectivity index (χ1) is 6.15. The maximum Gasteiger partial charge on any atom is 0.328 e. The molecule has 2 rings (SSSR count). The summed E-state index contributed by atoms with van der Waals surface area (Å²) >= 11 is 0. The van der Waals surface area contributed by atoms with Crippen molar-refractivity contribution in [1.29, 1.82) is 0 Å². The number of nitrogens with zero attached hydrogens (tertiary/aromatic N) is 1. The van der Waals surface area contributed by atoms with E-state index >= 15 is 0 Å². The number of rotatable bonds is 1. The lowest BCUT2D eigenvalue weighted by Gasteiger charge is -2.09. The van der Waals surface area contributed by atoms with Crippen LogP contribution in [-0.2, 0) is 19.1 Å². The number of methoxy groups -OCH3 is 1. The number of carbonyl (C=O) groups is 1. The largest absolute Gasteiger partial charge is 0.434 e. The summed E-state index contributed by atoms with van der Waals surface area (Å²) in [5.74, 6) is -0.954. The monoisotopic (exact) mass is 187 g/mol. The van der Waals surface area contributed by atoms with E-state index in [9.17, 15) is 10.0 Å². The molecule has 0 aromatic heterocycles. The molecule has 6 heteroatoms. The van der Waals surface area contributed by atoms with Gasteiger partial charge in [-0.3, -0.25) is 10.0 Å². The first-order valence-electron chi connectivity index (χ1n) is 3.86. The smallest absolute Gasteiger partial charge is 0.328 e. The van der Waals surface area contributed by atoms with Crippen molar-refractivity contribution in [3.8, 4) is 0 Å². The van der Waals surface area contributed by atoms with Gasteiger partial charge in [0.25, 0.3) is 0 Å². The minimum atomic E-state index is -0.831. The molecule has 2 heterocycles. The lowest BCUT2D eigenvalue weighted by Crippen LogP contribution is -2.28. The molecule has 2 aliphatic rings. The van der Waals surface area contributed by atoms with Crippen LogP contribution in [-0.4, -0.2) is 36.1 Å². The molecule has 2 aliphatic heterocycles. The fourth-order valence-corrected chi connectivity index (χ4v) is 1.57. The molecule has 6 nitrogen and oxygen atoms in total. The Labute approximate surface area is 74.2 Å². The van der Waals surface area contributed by atoms with Gasteiger partial charge in [0.15, 0.2) is 6.10 Å². The molecule has 0 saturated carbocycles. The predicted molar refractivity (Wildman–Crippen MR) is 39.6 cm³/mol. The highest BCUT2D eigenvalue weighted by Gasteiger charge is 2.54. The van der Waals surface area contributed by atoms with Gasteiger partial charge in [-0.15, -0.1) is 0 Å². The maximum absolute atomic E-state index is 11.1. The molecular weight excluding hydrogens is 178 g/mol. The third kappa shape index (κ3) is 0.983. The lowest BCUT2D eigenvalue weighted by molar-refractivity contribution is -0.737. The van der Waals surface area contributed by atoms with Crippen LogP contribution in [0.1, 0.15) is 6.92 Å². The van der Waals surface area contributed by atoms with E-state index in [1.54, 1.807) is 6.92 Å². The molecule has 1 fully saturated rings.